The summed E-state index contributed by atoms with van der Waals surface area (Å²) in [5, 5.41) is 4.02. The van der Waals surface area contributed by atoms with E-state index in [2.05, 4.69) is 15.3 Å². The molecule has 0 spiro atoms. The van der Waals surface area contributed by atoms with E-state index in [4.69, 9.17) is 0 Å². The fourth-order valence-corrected chi connectivity index (χ4v) is 3.26. The number of aromatic amines is 1. The number of hydrogen-bond donors (Lipinski definition) is 2. The van der Waals surface area contributed by atoms with Gasteiger partial charge in [0.1, 0.15) is 0 Å². The Bertz CT molecular complexity index is 921. The number of amides is 1. The minimum absolute atomic E-state index is 0.0879. The van der Waals surface area contributed by atoms with Crippen LogP contribution in [0.3, 0.4) is 0 Å². The maximum Gasteiger partial charge on any atom is 0.265 e. The van der Waals surface area contributed by atoms with E-state index >= 15 is 0 Å². The highest BCUT2D eigenvalue weighted by atomic mass is 32.1. The zero-order valence-electron chi connectivity index (χ0n) is 11.0. The second kappa shape index (κ2) is 4.71. The van der Waals surface area contributed by atoms with E-state index in [1.807, 2.05) is 48.5 Å². The van der Waals surface area contributed by atoms with Crippen LogP contribution in [-0.2, 0) is 0 Å². The lowest BCUT2D eigenvalue weighted by Gasteiger charge is -2.03. The van der Waals surface area contributed by atoms with Crippen molar-refractivity contribution in [1.29, 1.82) is 0 Å². The molecule has 4 aromatic rings. The van der Waals surface area contributed by atoms with Crippen LogP contribution in [0.2, 0.25) is 0 Å². The molecule has 0 bridgehead atoms. The summed E-state index contributed by atoms with van der Waals surface area (Å²) in [4.78, 5) is 20.2. The predicted octanol–water partition coefficient (Wildman–Crippen LogP) is 4.03. The minimum atomic E-state index is -0.0879. The Hall–Kier alpha value is -2.66. The Labute approximate surface area is 124 Å². The fraction of sp³-hybridized carbons (Fsp3) is 0. The molecule has 5 heteroatoms. The molecule has 1 amide bonds. The van der Waals surface area contributed by atoms with Crippen molar-refractivity contribution in [1.82, 2.24) is 9.97 Å². The van der Waals surface area contributed by atoms with Crippen LogP contribution in [0, 0.1) is 0 Å². The highest BCUT2D eigenvalue weighted by Gasteiger charge is 2.10. The first-order chi connectivity index (χ1) is 10.3. The average Bonchev–Trinajstić information content (AvgIpc) is 3.13. The van der Waals surface area contributed by atoms with Gasteiger partial charge in [-0.3, -0.25) is 4.79 Å². The largest absolute Gasteiger partial charge is 0.345 e. The van der Waals surface area contributed by atoms with Crippen molar-refractivity contribution in [2.75, 3.05) is 5.32 Å². The van der Waals surface area contributed by atoms with Crippen molar-refractivity contribution in [2.24, 2.45) is 0 Å². The van der Waals surface area contributed by atoms with Crippen LogP contribution < -0.4 is 5.32 Å². The van der Waals surface area contributed by atoms with Gasteiger partial charge in [0, 0.05) is 10.4 Å². The predicted molar refractivity (Wildman–Crippen MR) is 85.9 cm³/mol. The average molecular weight is 293 g/mol. The number of aromatic nitrogens is 2. The molecule has 2 N–H and O–H groups in total. The summed E-state index contributed by atoms with van der Waals surface area (Å²) in [6.45, 7) is 0. The number of hydrogen-bond acceptors (Lipinski definition) is 3. The number of nitrogens with one attached hydrogen (secondary N) is 2. The zero-order chi connectivity index (χ0) is 14.2. The van der Waals surface area contributed by atoms with Gasteiger partial charge < -0.3 is 10.3 Å². The summed E-state index contributed by atoms with van der Waals surface area (Å²) in [5.74, 6) is -0.0879. The molecule has 0 aliphatic heterocycles. The van der Waals surface area contributed by atoms with Gasteiger partial charge in [-0.15, -0.1) is 11.3 Å². The lowest BCUT2D eigenvalue weighted by Crippen LogP contribution is -2.09. The van der Waals surface area contributed by atoms with E-state index in [1.54, 1.807) is 6.33 Å². The normalized spacial score (nSPS) is 11.0. The smallest absolute Gasteiger partial charge is 0.265 e. The lowest BCUT2D eigenvalue weighted by molar-refractivity contribution is 0.103. The lowest BCUT2D eigenvalue weighted by atomic mass is 10.2. The highest BCUT2D eigenvalue weighted by Crippen LogP contribution is 2.26. The molecular formula is C16H11N3OS. The van der Waals surface area contributed by atoms with Crippen LogP contribution in [-0.4, -0.2) is 15.9 Å². The summed E-state index contributed by atoms with van der Waals surface area (Å²) in [6.07, 6.45) is 1.64. The summed E-state index contributed by atoms with van der Waals surface area (Å²) in [6, 6.07) is 15.5. The fourth-order valence-electron chi connectivity index (χ4n) is 2.30. The number of nitrogens with zero attached hydrogens (tertiary/aromatic N) is 1. The minimum Gasteiger partial charge on any atom is -0.345 e. The molecule has 0 radical (unpaired) electrons. The second-order valence-corrected chi connectivity index (χ2v) is 5.82. The van der Waals surface area contributed by atoms with Gasteiger partial charge in [0.05, 0.1) is 22.2 Å². The van der Waals surface area contributed by atoms with Crippen LogP contribution in [0.25, 0.3) is 21.1 Å². The van der Waals surface area contributed by atoms with Gasteiger partial charge in [0.25, 0.3) is 5.91 Å². The molecule has 4 nitrogen and oxygen atoms in total. The number of H-pyrrole nitrogens is 1. The van der Waals surface area contributed by atoms with E-state index in [0.29, 0.717) is 4.88 Å². The van der Waals surface area contributed by atoms with Crippen LogP contribution in [0.1, 0.15) is 9.67 Å². The SMILES string of the molecule is O=C(Nc1ccc2nc[nH]c2c1)c1cc2ccccc2s1. The van der Waals surface area contributed by atoms with Crippen molar-refractivity contribution in [2.45, 2.75) is 0 Å². The number of fused-ring (bicyclic) bond motifs is 2. The van der Waals surface area contributed by atoms with Crippen LogP contribution >= 0.6 is 11.3 Å². The first kappa shape index (κ1) is 12.1. The van der Waals surface area contributed by atoms with E-state index < -0.39 is 0 Å². The van der Waals surface area contributed by atoms with E-state index in [0.717, 1.165) is 26.8 Å². The van der Waals surface area contributed by atoms with Crippen LogP contribution in [0.4, 0.5) is 5.69 Å². The Morgan fingerprint density at radius 2 is 2.05 bits per heavy atom. The number of imidazole rings is 1. The molecule has 0 unspecified atom stereocenters. The number of thiophene rings is 1. The molecule has 102 valence electrons. The van der Waals surface area contributed by atoms with Gasteiger partial charge in [0.2, 0.25) is 0 Å². The van der Waals surface area contributed by atoms with Gasteiger partial charge in [-0.2, -0.15) is 0 Å². The van der Waals surface area contributed by atoms with Crippen molar-refractivity contribution in [3.05, 3.63) is 59.7 Å². The number of anilines is 1. The molecule has 0 fully saturated rings. The molecule has 4 rings (SSSR count). The maximum atomic E-state index is 12.3. The van der Waals surface area contributed by atoms with Gasteiger partial charge in [-0.25, -0.2) is 4.98 Å². The van der Waals surface area contributed by atoms with Gasteiger partial charge in [-0.05, 0) is 35.7 Å². The third-order valence-electron chi connectivity index (χ3n) is 3.33. The molecule has 0 aliphatic rings. The van der Waals surface area contributed by atoms with E-state index in [1.165, 1.54) is 11.3 Å². The molecule has 0 saturated heterocycles. The van der Waals surface area contributed by atoms with Crippen molar-refractivity contribution in [3.8, 4) is 0 Å². The monoisotopic (exact) mass is 293 g/mol. The summed E-state index contributed by atoms with van der Waals surface area (Å²) in [7, 11) is 0. The highest BCUT2D eigenvalue weighted by molar-refractivity contribution is 7.20. The zero-order valence-corrected chi connectivity index (χ0v) is 11.8. The topological polar surface area (TPSA) is 57.8 Å². The summed E-state index contributed by atoms with van der Waals surface area (Å²) >= 11 is 1.50. The Kier molecular flexibility index (Phi) is 2.72. The Morgan fingerprint density at radius 3 is 2.95 bits per heavy atom. The maximum absolute atomic E-state index is 12.3. The second-order valence-electron chi connectivity index (χ2n) is 4.74. The number of benzene rings is 2. The Balaban J connectivity index is 1.64. The van der Waals surface area contributed by atoms with Gasteiger partial charge >= 0.3 is 0 Å². The first-order valence-corrected chi connectivity index (χ1v) is 7.34. The number of rotatable bonds is 2. The Morgan fingerprint density at radius 1 is 1.14 bits per heavy atom. The number of carbonyl (C=O) groups excluding carboxylic acids is 1. The summed E-state index contributed by atoms with van der Waals surface area (Å²) < 4.78 is 1.12. The van der Waals surface area contributed by atoms with Gasteiger partial charge in [0.15, 0.2) is 0 Å². The van der Waals surface area contributed by atoms with Crippen LogP contribution in [0.15, 0.2) is 54.9 Å². The molecule has 0 aliphatic carbocycles. The first-order valence-electron chi connectivity index (χ1n) is 6.53. The quantitative estimate of drug-likeness (QED) is 0.586. The van der Waals surface area contributed by atoms with Crippen LogP contribution in [0.5, 0.6) is 0 Å². The molecule has 0 atom stereocenters. The molecule has 0 saturated carbocycles. The van der Waals surface area contributed by atoms with Crippen molar-refractivity contribution < 1.29 is 4.79 Å². The molecular weight excluding hydrogens is 282 g/mol. The standard InChI is InChI=1S/C16H11N3OS/c20-16(15-7-10-3-1-2-4-14(10)21-15)19-11-5-6-12-13(8-11)18-9-17-12/h1-9H,(H,17,18)(H,19,20). The van der Waals surface area contributed by atoms with E-state index in [-0.39, 0.29) is 5.91 Å². The summed E-state index contributed by atoms with van der Waals surface area (Å²) in [5.41, 5.74) is 2.55. The van der Waals surface area contributed by atoms with Crippen molar-refractivity contribution >= 4 is 44.1 Å². The molecule has 2 aromatic heterocycles. The third kappa shape index (κ3) is 2.17. The molecule has 2 heterocycles. The van der Waals surface area contributed by atoms with Gasteiger partial charge in [-0.1, -0.05) is 18.2 Å². The molecule has 21 heavy (non-hydrogen) atoms. The van der Waals surface area contributed by atoms with E-state index in [9.17, 15) is 4.79 Å². The number of carbonyl (C=O) groups is 1. The molecule has 2 aromatic carbocycles. The van der Waals surface area contributed by atoms with Crippen molar-refractivity contribution in [3.63, 3.8) is 0 Å². The third-order valence-corrected chi connectivity index (χ3v) is 4.44.